The summed E-state index contributed by atoms with van der Waals surface area (Å²) in [5.41, 5.74) is 10.2. The van der Waals surface area contributed by atoms with Gasteiger partial charge in [0, 0.05) is 0 Å². The van der Waals surface area contributed by atoms with Gasteiger partial charge in [0.2, 0.25) is 23.6 Å². The lowest BCUT2D eigenvalue weighted by molar-refractivity contribution is -0.144. The summed E-state index contributed by atoms with van der Waals surface area (Å²) in [6.45, 7) is 4.37. The van der Waals surface area contributed by atoms with Crippen molar-refractivity contribution in [3.8, 4) is 0 Å². The number of hydrogen-bond donors (Lipinski definition) is 7. The molecule has 0 saturated carbocycles. The third-order valence-corrected chi connectivity index (χ3v) is 4.08. The van der Waals surface area contributed by atoms with Gasteiger partial charge in [-0.1, -0.05) is 20.3 Å². The van der Waals surface area contributed by atoms with Crippen LogP contribution in [0.1, 0.15) is 33.6 Å². The molecule has 12 heteroatoms. The SMILES string of the molecule is CCC(C)C(NC(=O)CN)C(=O)NC(C(=O)NC(CC(N)=O)C(=O)O)C(C)O. The molecular weight excluding hydrogens is 374 g/mol. The van der Waals surface area contributed by atoms with E-state index < -0.39 is 60.2 Å². The molecule has 0 bridgehead atoms. The van der Waals surface area contributed by atoms with Crippen LogP contribution in [0.25, 0.3) is 0 Å². The Kier molecular flexibility index (Phi) is 10.7. The number of carbonyl (C=O) groups is 5. The van der Waals surface area contributed by atoms with Crippen LogP contribution >= 0.6 is 0 Å². The normalized spacial score (nSPS) is 16.0. The third-order valence-electron chi connectivity index (χ3n) is 4.08. The highest BCUT2D eigenvalue weighted by Gasteiger charge is 2.33. The fourth-order valence-electron chi connectivity index (χ4n) is 2.25. The van der Waals surface area contributed by atoms with Crippen LogP contribution in [0.4, 0.5) is 0 Å². The molecule has 28 heavy (non-hydrogen) atoms. The molecule has 4 amide bonds. The molecule has 0 aliphatic rings. The van der Waals surface area contributed by atoms with Gasteiger partial charge in [-0.25, -0.2) is 4.79 Å². The first-order valence-electron chi connectivity index (χ1n) is 8.73. The van der Waals surface area contributed by atoms with Crippen LogP contribution in [-0.4, -0.2) is 70.6 Å². The second-order valence-electron chi connectivity index (χ2n) is 6.43. The second-order valence-corrected chi connectivity index (χ2v) is 6.43. The number of carbonyl (C=O) groups excluding carboxylic acids is 4. The zero-order valence-corrected chi connectivity index (χ0v) is 16.1. The van der Waals surface area contributed by atoms with E-state index in [9.17, 15) is 29.1 Å². The summed E-state index contributed by atoms with van der Waals surface area (Å²) < 4.78 is 0. The molecule has 0 saturated heterocycles. The van der Waals surface area contributed by atoms with Crippen LogP contribution in [0.15, 0.2) is 0 Å². The van der Waals surface area contributed by atoms with E-state index in [1.54, 1.807) is 13.8 Å². The fraction of sp³-hybridized carbons (Fsp3) is 0.688. The van der Waals surface area contributed by atoms with E-state index >= 15 is 0 Å². The zero-order chi connectivity index (χ0) is 22.0. The van der Waals surface area contributed by atoms with Crippen molar-refractivity contribution in [1.82, 2.24) is 16.0 Å². The average Bonchev–Trinajstić information content (AvgIpc) is 2.61. The molecule has 0 radical (unpaired) electrons. The number of amides is 4. The van der Waals surface area contributed by atoms with Gasteiger partial charge in [0.25, 0.3) is 0 Å². The van der Waals surface area contributed by atoms with Crippen molar-refractivity contribution >= 4 is 29.6 Å². The van der Waals surface area contributed by atoms with Crippen LogP contribution in [0, 0.1) is 5.92 Å². The smallest absolute Gasteiger partial charge is 0.326 e. The quantitative estimate of drug-likeness (QED) is 0.175. The molecule has 5 atom stereocenters. The summed E-state index contributed by atoms with van der Waals surface area (Å²) in [6, 6.07) is -4.16. The largest absolute Gasteiger partial charge is 0.480 e. The Bertz CT molecular complexity index is 596. The zero-order valence-electron chi connectivity index (χ0n) is 16.1. The molecule has 0 aliphatic carbocycles. The predicted molar refractivity (Wildman–Crippen MR) is 97.4 cm³/mol. The Labute approximate surface area is 162 Å². The van der Waals surface area contributed by atoms with Crippen LogP contribution in [0.5, 0.6) is 0 Å². The van der Waals surface area contributed by atoms with E-state index in [1.165, 1.54) is 6.92 Å². The minimum atomic E-state index is -1.62. The van der Waals surface area contributed by atoms with E-state index in [4.69, 9.17) is 16.6 Å². The van der Waals surface area contributed by atoms with Gasteiger partial charge >= 0.3 is 5.97 Å². The predicted octanol–water partition coefficient (Wildman–Crippen LogP) is -3.21. The Morgan fingerprint density at radius 3 is 1.89 bits per heavy atom. The minimum Gasteiger partial charge on any atom is -0.480 e. The molecule has 160 valence electrons. The Balaban J connectivity index is 5.36. The van der Waals surface area contributed by atoms with Crippen molar-refractivity contribution in [2.45, 2.75) is 57.8 Å². The number of aliphatic carboxylic acids is 1. The van der Waals surface area contributed by atoms with Crippen LogP contribution in [0.3, 0.4) is 0 Å². The summed E-state index contributed by atoms with van der Waals surface area (Å²) in [4.78, 5) is 58.6. The lowest BCUT2D eigenvalue weighted by Crippen LogP contribution is -2.60. The van der Waals surface area contributed by atoms with Gasteiger partial charge in [0.05, 0.1) is 19.1 Å². The van der Waals surface area contributed by atoms with E-state index in [0.717, 1.165) is 0 Å². The van der Waals surface area contributed by atoms with E-state index in [-0.39, 0.29) is 12.5 Å². The first-order valence-corrected chi connectivity index (χ1v) is 8.73. The molecule has 0 aromatic rings. The molecule has 0 rings (SSSR count). The van der Waals surface area contributed by atoms with Crippen molar-refractivity contribution in [2.75, 3.05) is 6.54 Å². The standard InChI is InChI=1S/C16H29N5O7/c1-4-7(2)12(20-11(24)6-17)14(25)21-13(8(3)22)15(26)19-9(16(27)28)5-10(18)23/h7-9,12-13,22H,4-6,17H2,1-3H3,(H2,18,23)(H,19,26)(H,20,24)(H,21,25)(H,27,28). The number of carboxylic acid groups (broad SMARTS) is 1. The molecule has 0 aliphatic heterocycles. The van der Waals surface area contributed by atoms with Crippen molar-refractivity contribution in [2.24, 2.45) is 17.4 Å². The lowest BCUT2D eigenvalue weighted by Gasteiger charge is -2.28. The maximum Gasteiger partial charge on any atom is 0.326 e. The summed E-state index contributed by atoms with van der Waals surface area (Å²) in [7, 11) is 0. The van der Waals surface area contributed by atoms with Crippen molar-refractivity contribution < 1.29 is 34.2 Å². The number of nitrogens with two attached hydrogens (primary N) is 2. The molecule has 9 N–H and O–H groups in total. The fourth-order valence-corrected chi connectivity index (χ4v) is 2.25. The Morgan fingerprint density at radius 2 is 1.50 bits per heavy atom. The van der Waals surface area contributed by atoms with Crippen LogP contribution < -0.4 is 27.4 Å². The van der Waals surface area contributed by atoms with Crippen molar-refractivity contribution in [3.05, 3.63) is 0 Å². The first kappa shape index (κ1) is 25.3. The van der Waals surface area contributed by atoms with Gasteiger partial charge in [-0.2, -0.15) is 0 Å². The maximum absolute atomic E-state index is 12.6. The number of aliphatic hydroxyl groups excluding tert-OH is 1. The van der Waals surface area contributed by atoms with Crippen molar-refractivity contribution in [3.63, 3.8) is 0 Å². The van der Waals surface area contributed by atoms with E-state index in [2.05, 4.69) is 10.6 Å². The number of hydrogen-bond acceptors (Lipinski definition) is 7. The van der Waals surface area contributed by atoms with E-state index in [0.29, 0.717) is 6.42 Å². The molecule has 0 fully saturated rings. The average molecular weight is 403 g/mol. The van der Waals surface area contributed by atoms with Gasteiger partial charge in [0.1, 0.15) is 18.1 Å². The monoisotopic (exact) mass is 403 g/mol. The summed E-state index contributed by atoms with van der Waals surface area (Å²) >= 11 is 0. The molecule has 0 aromatic carbocycles. The molecule has 5 unspecified atom stereocenters. The number of rotatable bonds is 12. The lowest BCUT2D eigenvalue weighted by atomic mass is 9.97. The highest BCUT2D eigenvalue weighted by Crippen LogP contribution is 2.09. The highest BCUT2D eigenvalue weighted by atomic mass is 16.4. The minimum absolute atomic E-state index is 0.310. The van der Waals surface area contributed by atoms with Crippen LogP contribution in [-0.2, 0) is 24.0 Å². The summed E-state index contributed by atoms with van der Waals surface area (Å²) in [5.74, 6) is -5.12. The maximum atomic E-state index is 12.6. The topological polar surface area (TPSA) is 214 Å². The van der Waals surface area contributed by atoms with Crippen LogP contribution in [0.2, 0.25) is 0 Å². The number of aliphatic hydroxyl groups is 1. The Hall–Kier alpha value is -2.73. The van der Waals surface area contributed by atoms with E-state index in [1.807, 2.05) is 5.32 Å². The summed E-state index contributed by atoms with van der Waals surface area (Å²) in [5, 5.41) is 25.7. The number of primary amides is 1. The molecule has 0 spiro atoms. The van der Waals surface area contributed by atoms with Gasteiger partial charge in [-0.05, 0) is 12.8 Å². The molecular formula is C16H29N5O7. The Morgan fingerprint density at radius 1 is 0.964 bits per heavy atom. The first-order chi connectivity index (χ1) is 12.9. The second kappa shape index (κ2) is 11.9. The van der Waals surface area contributed by atoms with Gasteiger partial charge in [0.15, 0.2) is 0 Å². The molecule has 0 aromatic heterocycles. The van der Waals surface area contributed by atoms with Crippen molar-refractivity contribution in [1.29, 1.82) is 0 Å². The molecule has 12 nitrogen and oxygen atoms in total. The third kappa shape index (κ3) is 8.31. The number of carboxylic acids is 1. The highest BCUT2D eigenvalue weighted by molar-refractivity contribution is 5.94. The number of nitrogens with one attached hydrogen (secondary N) is 3. The molecule has 0 heterocycles. The van der Waals surface area contributed by atoms with Gasteiger partial charge < -0.3 is 37.6 Å². The summed E-state index contributed by atoms with van der Waals surface area (Å²) in [6.07, 6.45) is -1.53. The van der Waals surface area contributed by atoms with Gasteiger partial charge in [-0.15, -0.1) is 0 Å². The van der Waals surface area contributed by atoms with Gasteiger partial charge in [-0.3, -0.25) is 19.2 Å².